The van der Waals surface area contributed by atoms with Gasteiger partial charge in [0.2, 0.25) is 5.91 Å². The number of carbonyl (C=O) groups excluding carboxylic acids is 1. The summed E-state index contributed by atoms with van der Waals surface area (Å²) in [7, 11) is 3.09. The lowest BCUT2D eigenvalue weighted by Gasteiger charge is -2.18. The monoisotopic (exact) mass is 341 g/mol. The zero-order valence-corrected chi connectivity index (χ0v) is 13.4. The number of alkyl halides is 3. The van der Waals surface area contributed by atoms with Gasteiger partial charge in [-0.15, -0.1) is 0 Å². The van der Waals surface area contributed by atoms with Crippen LogP contribution in [0.15, 0.2) is 36.7 Å². The van der Waals surface area contributed by atoms with Crippen molar-refractivity contribution in [2.24, 2.45) is 0 Å². The molecule has 0 radical (unpaired) electrons. The molecule has 24 heavy (non-hydrogen) atoms. The zero-order chi connectivity index (χ0) is 17.7. The molecule has 2 rings (SSSR count). The smallest absolute Gasteiger partial charge is 0.406 e. The van der Waals surface area contributed by atoms with Crippen LogP contribution in [-0.2, 0) is 24.3 Å². The first-order chi connectivity index (χ1) is 11.3. The van der Waals surface area contributed by atoms with Crippen molar-refractivity contribution < 1.29 is 22.7 Å². The van der Waals surface area contributed by atoms with Crippen molar-refractivity contribution >= 4 is 5.91 Å². The Balaban J connectivity index is 1.97. The van der Waals surface area contributed by atoms with Gasteiger partial charge in [0.1, 0.15) is 18.1 Å². The van der Waals surface area contributed by atoms with E-state index in [0.717, 1.165) is 10.1 Å². The Morgan fingerprint density at radius 2 is 1.96 bits per heavy atom. The fourth-order valence-corrected chi connectivity index (χ4v) is 2.18. The molecule has 1 amide bonds. The molecule has 0 unspecified atom stereocenters. The first-order valence-electron chi connectivity index (χ1n) is 7.22. The second-order valence-electron chi connectivity index (χ2n) is 5.36. The van der Waals surface area contributed by atoms with Crippen LogP contribution in [0.1, 0.15) is 11.4 Å². The highest BCUT2D eigenvalue weighted by Gasteiger charge is 2.29. The minimum Gasteiger partial charge on any atom is -0.497 e. The van der Waals surface area contributed by atoms with Crippen LogP contribution in [0.25, 0.3) is 0 Å². The molecule has 0 saturated heterocycles. The van der Waals surface area contributed by atoms with E-state index in [1.807, 2.05) is 0 Å². The molecule has 130 valence electrons. The summed E-state index contributed by atoms with van der Waals surface area (Å²) in [6.45, 7) is -1.11. The number of aromatic nitrogens is 2. The average Bonchev–Trinajstić information content (AvgIpc) is 2.93. The number of nitrogens with zero attached hydrogens (tertiary/aromatic N) is 3. The van der Waals surface area contributed by atoms with Gasteiger partial charge in [-0.2, -0.15) is 13.2 Å². The van der Waals surface area contributed by atoms with Crippen molar-refractivity contribution in [3.8, 4) is 5.75 Å². The zero-order valence-electron chi connectivity index (χ0n) is 13.4. The molecule has 1 aromatic heterocycles. The molecule has 2 aromatic rings. The van der Waals surface area contributed by atoms with Gasteiger partial charge < -0.3 is 14.2 Å². The SMILES string of the molecule is COc1ccc(CC(=O)N(C)Cc2nccn2CC(F)(F)F)cc1. The van der Waals surface area contributed by atoms with Gasteiger partial charge in [-0.1, -0.05) is 12.1 Å². The van der Waals surface area contributed by atoms with Gasteiger partial charge in [-0.3, -0.25) is 4.79 Å². The Bertz CT molecular complexity index is 681. The standard InChI is InChI=1S/C16H18F3N3O2/c1-21(10-14-20-7-8-22(14)11-16(17,18)19)15(23)9-12-3-5-13(24-2)6-4-12/h3-8H,9-11H2,1-2H3. The van der Waals surface area contributed by atoms with Crippen molar-refractivity contribution in [2.75, 3.05) is 14.2 Å². The van der Waals surface area contributed by atoms with Gasteiger partial charge in [0.15, 0.2) is 0 Å². The maximum atomic E-state index is 12.5. The van der Waals surface area contributed by atoms with E-state index in [0.29, 0.717) is 5.75 Å². The van der Waals surface area contributed by atoms with Gasteiger partial charge >= 0.3 is 6.18 Å². The molecule has 0 N–H and O–H groups in total. The van der Waals surface area contributed by atoms with Crippen LogP contribution in [0.4, 0.5) is 13.2 Å². The van der Waals surface area contributed by atoms with E-state index >= 15 is 0 Å². The number of imidazole rings is 1. The Morgan fingerprint density at radius 3 is 2.54 bits per heavy atom. The third kappa shape index (κ3) is 5.00. The van der Waals surface area contributed by atoms with Crippen molar-refractivity contribution in [1.82, 2.24) is 14.5 Å². The van der Waals surface area contributed by atoms with Crippen LogP contribution in [-0.4, -0.2) is 40.7 Å². The summed E-state index contributed by atoms with van der Waals surface area (Å²) < 4.78 is 43.6. The quantitative estimate of drug-likeness (QED) is 0.812. The summed E-state index contributed by atoms with van der Waals surface area (Å²) in [5, 5.41) is 0. The maximum absolute atomic E-state index is 12.5. The fraction of sp³-hybridized carbons (Fsp3) is 0.375. The van der Waals surface area contributed by atoms with Crippen molar-refractivity contribution in [2.45, 2.75) is 25.7 Å². The van der Waals surface area contributed by atoms with E-state index in [2.05, 4.69) is 4.98 Å². The molecule has 1 heterocycles. The van der Waals surface area contributed by atoms with E-state index in [9.17, 15) is 18.0 Å². The van der Waals surface area contributed by atoms with Gasteiger partial charge in [0.25, 0.3) is 0 Å². The minimum atomic E-state index is -4.33. The Morgan fingerprint density at radius 1 is 1.29 bits per heavy atom. The summed E-state index contributed by atoms with van der Waals surface area (Å²) in [5.74, 6) is 0.674. The maximum Gasteiger partial charge on any atom is 0.406 e. The third-order valence-corrected chi connectivity index (χ3v) is 3.47. The van der Waals surface area contributed by atoms with Crippen molar-refractivity contribution in [3.63, 3.8) is 0 Å². The van der Waals surface area contributed by atoms with E-state index in [-0.39, 0.29) is 24.7 Å². The molecule has 0 aliphatic heterocycles. The molecule has 0 aliphatic rings. The fourth-order valence-electron chi connectivity index (χ4n) is 2.18. The number of methoxy groups -OCH3 is 1. The van der Waals surface area contributed by atoms with Crippen LogP contribution in [0.3, 0.4) is 0 Å². The van der Waals surface area contributed by atoms with E-state index in [1.54, 1.807) is 38.4 Å². The van der Waals surface area contributed by atoms with Crippen molar-refractivity contribution in [1.29, 1.82) is 0 Å². The molecule has 1 aromatic carbocycles. The number of benzene rings is 1. The highest BCUT2D eigenvalue weighted by atomic mass is 19.4. The van der Waals surface area contributed by atoms with Crippen LogP contribution < -0.4 is 4.74 Å². The Kier molecular flexibility index (Phi) is 5.48. The minimum absolute atomic E-state index is 0.0120. The predicted octanol–water partition coefficient (Wildman–Crippen LogP) is 2.66. The second-order valence-corrected chi connectivity index (χ2v) is 5.36. The number of hydrogen-bond donors (Lipinski definition) is 0. The number of hydrogen-bond acceptors (Lipinski definition) is 3. The summed E-state index contributed by atoms with van der Waals surface area (Å²) >= 11 is 0. The Hall–Kier alpha value is -2.51. The highest BCUT2D eigenvalue weighted by Crippen LogP contribution is 2.19. The molecule has 0 aliphatic carbocycles. The highest BCUT2D eigenvalue weighted by molar-refractivity contribution is 5.78. The molecule has 5 nitrogen and oxygen atoms in total. The van der Waals surface area contributed by atoms with E-state index < -0.39 is 12.7 Å². The Labute approximate surface area is 137 Å². The number of carbonyl (C=O) groups is 1. The largest absolute Gasteiger partial charge is 0.497 e. The predicted molar refractivity (Wildman–Crippen MR) is 81.5 cm³/mol. The molecule has 8 heteroatoms. The second kappa shape index (κ2) is 7.37. The number of rotatable bonds is 6. The molecule has 0 fully saturated rings. The van der Waals surface area contributed by atoms with Gasteiger partial charge in [-0.05, 0) is 17.7 Å². The van der Waals surface area contributed by atoms with Gasteiger partial charge in [0, 0.05) is 19.4 Å². The van der Waals surface area contributed by atoms with Crippen LogP contribution >= 0.6 is 0 Å². The van der Waals surface area contributed by atoms with Crippen LogP contribution in [0.2, 0.25) is 0 Å². The first-order valence-corrected chi connectivity index (χ1v) is 7.22. The molecule has 0 bridgehead atoms. The third-order valence-electron chi connectivity index (χ3n) is 3.47. The molecular weight excluding hydrogens is 323 g/mol. The lowest BCUT2D eigenvalue weighted by molar-refractivity contribution is -0.141. The topological polar surface area (TPSA) is 47.4 Å². The summed E-state index contributed by atoms with van der Waals surface area (Å²) in [5.41, 5.74) is 0.797. The van der Waals surface area contributed by atoms with Crippen molar-refractivity contribution in [3.05, 3.63) is 48.0 Å². The molecular formula is C16H18F3N3O2. The lowest BCUT2D eigenvalue weighted by atomic mass is 10.1. The van der Waals surface area contributed by atoms with Gasteiger partial charge in [-0.25, -0.2) is 4.98 Å². The number of ether oxygens (including phenoxy) is 1. The normalized spacial score (nSPS) is 11.4. The molecule has 0 spiro atoms. The number of amides is 1. The molecule has 0 saturated carbocycles. The average molecular weight is 341 g/mol. The summed E-state index contributed by atoms with van der Waals surface area (Å²) in [4.78, 5) is 17.5. The lowest BCUT2D eigenvalue weighted by Crippen LogP contribution is -2.30. The van der Waals surface area contributed by atoms with Crippen LogP contribution in [0.5, 0.6) is 5.75 Å². The number of halogens is 3. The summed E-state index contributed by atoms with van der Waals surface area (Å²) in [6.07, 6.45) is -1.63. The number of likely N-dealkylation sites (N-methyl/N-ethyl adjacent to an activating group) is 1. The van der Waals surface area contributed by atoms with E-state index in [4.69, 9.17) is 4.74 Å². The summed E-state index contributed by atoms with van der Waals surface area (Å²) in [6, 6.07) is 7.04. The van der Waals surface area contributed by atoms with Crippen LogP contribution in [0, 0.1) is 0 Å². The van der Waals surface area contributed by atoms with Gasteiger partial charge in [0.05, 0.1) is 20.1 Å². The first kappa shape index (κ1) is 17.8. The molecule has 0 atom stereocenters. The van der Waals surface area contributed by atoms with E-state index in [1.165, 1.54) is 17.3 Å².